The highest BCUT2D eigenvalue weighted by Crippen LogP contribution is 2.04. The molecule has 1 aliphatic rings. The molecule has 0 N–H and O–H groups in total. The molecule has 0 saturated heterocycles. The summed E-state index contributed by atoms with van der Waals surface area (Å²) in [6.07, 6.45) is 0. The molecule has 1 aliphatic heterocycles. The van der Waals surface area contributed by atoms with E-state index in [4.69, 9.17) is 5.53 Å². The second-order valence-corrected chi connectivity index (χ2v) is 1.96. The van der Waals surface area contributed by atoms with Crippen molar-refractivity contribution >= 4 is 17.5 Å². The maximum atomic E-state index is 10.9. The third-order valence-corrected chi connectivity index (χ3v) is 1.21. The van der Waals surface area contributed by atoms with Crippen molar-refractivity contribution in [3.05, 3.63) is 25.8 Å². The molecule has 0 aromatic heterocycles. The van der Waals surface area contributed by atoms with Crippen LogP contribution in [0.25, 0.3) is 5.53 Å². The number of hydrogen-bond acceptors (Lipinski definition) is 6. The number of nitrogens with zero attached hydrogens (tertiary/aromatic N) is 6. The van der Waals surface area contributed by atoms with Gasteiger partial charge in [0.05, 0.1) is 10.2 Å². The van der Waals surface area contributed by atoms with E-state index in [1.807, 2.05) is 0 Å². The fourth-order valence-corrected chi connectivity index (χ4v) is 0.694. The van der Waals surface area contributed by atoms with Gasteiger partial charge in [0, 0.05) is 0 Å². The van der Waals surface area contributed by atoms with Gasteiger partial charge in [-0.3, -0.25) is 4.79 Å². The van der Waals surface area contributed by atoms with Gasteiger partial charge in [0.15, 0.2) is 0 Å². The molecule has 0 aliphatic carbocycles. The van der Waals surface area contributed by atoms with E-state index >= 15 is 0 Å². The number of carbonyl (C=O) groups excluding carboxylic acids is 1. The lowest BCUT2D eigenvalue weighted by molar-refractivity contribution is -0.634. The van der Waals surface area contributed by atoms with Crippen LogP contribution in [-0.2, 0) is 4.79 Å². The molecule has 0 spiro atoms. The van der Waals surface area contributed by atoms with E-state index in [1.54, 1.807) is 0 Å². The molecule has 0 unspecified atom stereocenters. The average molecular weight is 200 g/mol. The van der Waals surface area contributed by atoms with Crippen molar-refractivity contribution in [3.63, 3.8) is 0 Å². The Bertz CT molecular complexity index is 417. The van der Waals surface area contributed by atoms with Crippen molar-refractivity contribution in [2.45, 2.75) is 0 Å². The van der Waals surface area contributed by atoms with Crippen LogP contribution < -0.4 is 0 Å². The van der Waals surface area contributed by atoms with Crippen molar-refractivity contribution in [2.24, 2.45) is 5.10 Å². The topological polar surface area (TPSA) is 155 Å². The highest BCUT2D eigenvalue weighted by atomic mass is 16.7. The van der Waals surface area contributed by atoms with Crippen LogP contribution >= 0.6 is 0 Å². The standard InChI is InChI=1S/C3N6O5/c4-5-1-2(8(11)12)6-7(3(1)10)9(13)14. The lowest BCUT2D eigenvalue weighted by Gasteiger charge is -1.95. The lowest BCUT2D eigenvalue weighted by atomic mass is 10.3. The quantitative estimate of drug-likeness (QED) is 0.213. The Morgan fingerprint density at radius 3 is 2.29 bits per heavy atom. The summed E-state index contributed by atoms with van der Waals surface area (Å²) in [5, 5.41) is 21.3. The summed E-state index contributed by atoms with van der Waals surface area (Å²) >= 11 is 0. The zero-order valence-electron chi connectivity index (χ0n) is 6.22. The average Bonchev–Trinajstić information content (AvgIpc) is 2.42. The van der Waals surface area contributed by atoms with Gasteiger partial charge in [-0.05, 0) is 4.92 Å². The van der Waals surface area contributed by atoms with Gasteiger partial charge in [-0.2, -0.15) is 4.79 Å². The van der Waals surface area contributed by atoms with E-state index < -0.39 is 27.4 Å². The summed E-state index contributed by atoms with van der Waals surface area (Å²) in [7, 11) is 0. The first kappa shape index (κ1) is 9.41. The number of nitro groups is 2. The Morgan fingerprint density at radius 2 is 2.00 bits per heavy atom. The van der Waals surface area contributed by atoms with Gasteiger partial charge >= 0.3 is 17.5 Å². The second-order valence-electron chi connectivity index (χ2n) is 1.96. The Morgan fingerprint density at radius 1 is 1.43 bits per heavy atom. The van der Waals surface area contributed by atoms with Gasteiger partial charge in [0.2, 0.25) is 0 Å². The van der Waals surface area contributed by atoms with Crippen molar-refractivity contribution in [3.8, 4) is 0 Å². The molecule has 1 heterocycles. The molecule has 0 fully saturated rings. The number of rotatable bonds is 1. The molecule has 11 heteroatoms. The van der Waals surface area contributed by atoms with Gasteiger partial charge in [0.25, 0.3) is 0 Å². The van der Waals surface area contributed by atoms with Crippen molar-refractivity contribution in [2.75, 3.05) is 0 Å². The van der Waals surface area contributed by atoms with E-state index in [9.17, 15) is 25.0 Å². The van der Waals surface area contributed by atoms with Crippen molar-refractivity contribution in [1.82, 2.24) is 5.12 Å². The van der Waals surface area contributed by atoms with E-state index in [1.165, 1.54) is 0 Å². The fraction of sp³-hybridized carbons (Fsp3) is 0. The van der Waals surface area contributed by atoms with Crippen LogP contribution in [0.2, 0.25) is 0 Å². The normalized spacial score (nSPS) is 15.1. The summed E-state index contributed by atoms with van der Waals surface area (Å²) in [5.41, 5.74) is 7.11. The molecule has 0 bridgehead atoms. The van der Waals surface area contributed by atoms with Crippen LogP contribution in [0, 0.1) is 20.2 Å². The number of hydrazone groups is 1. The predicted molar refractivity (Wildman–Crippen MR) is 36.9 cm³/mol. The van der Waals surface area contributed by atoms with Crippen molar-refractivity contribution < 1.29 is 19.5 Å². The molecule has 0 atom stereocenters. The third-order valence-electron chi connectivity index (χ3n) is 1.21. The van der Waals surface area contributed by atoms with Crippen molar-refractivity contribution in [1.29, 1.82) is 0 Å². The Balaban J connectivity index is 3.25. The Labute approximate surface area is 74.1 Å². The first-order valence-corrected chi connectivity index (χ1v) is 2.93. The monoisotopic (exact) mass is 200 g/mol. The minimum absolute atomic E-state index is 0.382. The largest absolute Gasteiger partial charge is 0.488 e. The summed E-state index contributed by atoms with van der Waals surface area (Å²) in [5.74, 6) is -2.64. The minimum Gasteiger partial charge on any atom is -0.360 e. The zero-order valence-corrected chi connectivity index (χ0v) is 6.22. The Hall–Kier alpha value is -2.68. The van der Waals surface area contributed by atoms with Crippen LogP contribution in [0.1, 0.15) is 0 Å². The molecule has 1 rings (SSSR count). The van der Waals surface area contributed by atoms with E-state index in [-0.39, 0.29) is 5.12 Å². The van der Waals surface area contributed by atoms with Crippen LogP contribution in [-0.4, -0.2) is 37.3 Å². The smallest absolute Gasteiger partial charge is 0.360 e. The van der Waals surface area contributed by atoms with Crippen LogP contribution in [0.3, 0.4) is 0 Å². The van der Waals surface area contributed by atoms with E-state index in [0.29, 0.717) is 0 Å². The molecule has 0 radical (unpaired) electrons. The molecule has 1 amide bonds. The van der Waals surface area contributed by atoms with E-state index in [2.05, 4.69) is 9.89 Å². The first-order valence-electron chi connectivity index (χ1n) is 2.93. The maximum Gasteiger partial charge on any atom is 0.488 e. The Kier molecular flexibility index (Phi) is 2.01. The summed E-state index contributed by atoms with van der Waals surface area (Å²) in [6, 6.07) is 0. The highest BCUT2D eigenvalue weighted by Gasteiger charge is 2.54. The van der Waals surface area contributed by atoms with Crippen LogP contribution in [0.15, 0.2) is 5.10 Å². The summed E-state index contributed by atoms with van der Waals surface area (Å²) < 4.78 is 0. The molecule has 0 aromatic rings. The molecule has 14 heavy (non-hydrogen) atoms. The minimum atomic E-state index is -1.47. The highest BCUT2D eigenvalue weighted by molar-refractivity contribution is 6.64. The maximum absolute atomic E-state index is 10.9. The van der Waals surface area contributed by atoms with E-state index in [0.717, 1.165) is 0 Å². The summed E-state index contributed by atoms with van der Waals surface area (Å²) in [6.45, 7) is 0. The SMILES string of the molecule is [N-]=[N+]=C1C(=O)N([N+](=O)[O-])N=C1[N+](=O)[O-]. The molecule has 0 saturated carbocycles. The molecular weight excluding hydrogens is 200 g/mol. The number of carbonyl (C=O) groups is 1. The second kappa shape index (κ2) is 2.99. The number of amides is 1. The van der Waals surface area contributed by atoms with Gasteiger partial charge in [-0.25, -0.2) is 0 Å². The lowest BCUT2D eigenvalue weighted by Crippen LogP contribution is -2.33. The van der Waals surface area contributed by atoms with Gasteiger partial charge < -0.3 is 25.8 Å². The molecule has 0 aromatic carbocycles. The number of hydrogen-bond donors (Lipinski definition) is 0. The zero-order chi connectivity index (χ0) is 10.9. The third kappa shape index (κ3) is 1.19. The number of hydrazine groups is 1. The summed E-state index contributed by atoms with van der Waals surface area (Å²) in [4.78, 5) is 32.2. The molecule has 11 nitrogen and oxygen atoms in total. The molecule has 72 valence electrons. The van der Waals surface area contributed by atoms with Gasteiger partial charge in [-0.1, -0.05) is 0 Å². The molecular formula is C3N6O5. The van der Waals surface area contributed by atoms with Gasteiger partial charge in [-0.15, -0.1) is 0 Å². The van der Waals surface area contributed by atoms with Crippen LogP contribution in [0.4, 0.5) is 0 Å². The van der Waals surface area contributed by atoms with Crippen LogP contribution in [0.5, 0.6) is 0 Å². The van der Waals surface area contributed by atoms with Gasteiger partial charge in [0.1, 0.15) is 5.10 Å². The fourth-order valence-electron chi connectivity index (χ4n) is 0.694. The first-order chi connectivity index (χ1) is 6.49. The predicted octanol–water partition coefficient (Wildman–Crippen LogP) is -1.72. The number of amidine groups is 1.